The van der Waals surface area contributed by atoms with Gasteiger partial charge in [-0.05, 0) is 44.6 Å². The van der Waals surface area contributed by atoms with Crippen molar-refractivity contribution in [1.82, 2.24) is 20.9 Å². The maximum atomic E-state index is 12.1. The number of thiocarbonyl (C=S) groups is 1. The van der Waals surface area contributed by atoms with Crippen molar-refractivity contribution < 1.29 is 4.79 Å². The van der Waals surface area contributed by atoms with Gasteiger partial charge in [-0.1, -0.05) is 33.6 Å². The molecule has 1 aliphatic carbocycles. The van der Waals surface area contributed by atoms with Gasteiger partial charge in [0.15, 0.2) is 5.11 Å². The van der Waals surface area contributed by atoms with E-state index in [1.807, 2.05) is 20.8 Å². The molecule has 0 aromatic heterocycles. The van der Waals surface area contributed by atoms with E-state index in [-0.39, 0.29) is 17.4 Å². The first kappa shape index (κ1) is 19.2. The van der Waals surface area contributed by atoms with Crippen LogP contribution in [0.4, 0.5) is 0 Å². The van der Waals surface area contributed by atoms with E-state index in [2.05, 4.69) is 34.9 Å². The van der Waals surface area contributed by atoms with Crippen LogP contribution >= 0.6 is 12.2 Å². The molecule has 0 aromatic rings. The zero-order valence-electron chi connectivity index (χ0n) is 14.8. The van der Waals surface area contributed by atoms with E-state index in [4.69, 9.17) is 12.2 Å². The van der Waals surface area contributed by atoms with Crippen LogP contribution in [-0.4, -0.2) is 55.2 Å². The second-order valence-corrected chi connectivity index (χ2v) is 7.86. The standard InChI is InChI=1S/C16H32N4OS/c1-16(2,3)13(14(21)17-4)19-15(22)18-11-9-7-8-10-12(11)20(5)6/h11-13H,7-10H2,1-6H3,(H,17,21)(H2,18,19,22)/t11-,12-,13-/m1/s1. The number of hydrogen-bond acceptors (Lipinski definition) is 3. The number of rotatable bonds is 4. The minimum Gasteiger partial charge on any atom is -0.358 e. The van der Waals surface area contributed by atoms with Gasteiger partial charge in [0.2, 0.25) is 5.91 Å². The molecule has 3 N–H and O–H groups in total. The molecule has 1 amide bonds. The highest BCUT2D eigenvalue weighted by Crippen LogP contribution is 2.22. The molecule has 1 fully saturated rings. The van der Waals surface area contributed by atoms with Crippen molar-refractivity contribution in [2.24, 2.45) is 5.41 Å². The maximum Gasteiger partial charge on any atom is 0.242 e. The molecule has 1 rings (SSSR count). The second kappa shape index (κ2) is 8.11. The minimum atomic E-state index is -0.348. The molecule has 5 nitrogen and oxygen atoms in total. The first-order valence-electron chi connectivity index (χ1n) is 8.12. The van der Waals surface area contributed by atoms with Crippen LogP contribution in [0.3, 0.4) is 0 Å². The lowest BCUT2D eigenvalue weighted by Crippen LogP contribution is -2.59. The quantitative estimate of drug-likeness (QED) is 0.683. The summed E-state index contributed by atoms with van der Waals surface area (Å²) in [7, 11) is 5.88. The molecular formula is C16H32N4OS. The molecule has 0 unspecified atom stereocenters. The Bertz CT molecular complexity index is 392. The highest BCUT2D eigenvalue weighted by atomic mass is 32.1. The maximum absolute atomic E-state index is 12.1. The lowest BCUT2D eigenvalue weighted by Gasteiger charge is -2.38. The van der Waals surface area contributed by atoms with Crippen molar-refractivity contribution in [2.45, 2.75) is 64.6 Å². The van der Waals surface area contributed by atoms with Gasteiger partial charge in [0, 0.05) is 19.1 Å². The van der Waals surface area contributed by atoms with Crippen LogP contribution in [0.5, 0.6) is 0 Å². The third-order valence-electron chi connectivity index (χ3n) is 4.36. The van der Waals surface area contributed by atoms with Gasteiger partial charge >= 0.3 is 0 Å². The van der Waals surface area contributed by atoms with Crippen LogP contribution in [0.2, 0.25) is 0 Å². The summed E-state index contributed by atoms with van der Waals surface area (Å²) in [6.45, 7) is 6.10. The van der Waals surface area contributed by atoms with Crippen molar-refractivity contribution in [2.75, 3.05) is 21.1 Å². The van der Waals surface area contributed by atoms with Crippen LogP contribution in [0.1, 0.15) is 46.5 Å². The summed E-state index contributed by atoms with van der Waals surface area (Å²) < 4.78 is 0. The molecule has 0 bridgehead atoms. The highest BCUT2D eigenvalue weighted by molar-refractivity contribution is 7.80. The molecule has 0 aromatic carbocycles. The summed E-state index contributed by atoms with van der Waals surface area (Å²) in [4.78, 5) is 14.4. The predicted molar refractivity (Wildman–Crippen MR) is 95.9 cm³/mol. The monoisotopic (exact) mass is 328 g/mol. The Balaban J connectivity index is 2.68. The number of nitrogens with zero attached hydrogens (tertiary/aromatic N) is 1. The van der Waals surface area contributed by atoms with E-state index in [9.17, 15) is 4.79 Å². The molecular weight excluding hydrogens is 296 g/mol. The number of carbonyl (C=O) groups is 1. The van der Waals surface area contributed by atoms with E-state index in [0.717, 1.165) is 6.42 Å². The van der Waals surface area contributed by atoms with Crippen molar-refractivity contribution in [3.63, 3.8) is 0 Å². The summed E-state index contributed by atoms with van der Waals surface area (Å²) in [6.07, 6.45) is 4.79. The van der Waals surface area contributed by atoms with Gasteiger partial charge in [-0.3, -0.25) is 4.79 Å². The lowest BCUT2D eigenvalue weighted by atomic mass is 9.86. The van der Waals surface area contributed by atoms with Crippen molar-refractivity contribution in [3.8, 4) is 0 Å². The third kappa shape index (κ3) is 5.39. The van der Waals surface area contributed by atoms with Gasteiger partial charge in [0.1, 0.15) is 6.04 Å². The molecule has 1 aliphatic rings. The molecule has 3 atom stereocenters. The van der Waals surface area contributed by atoms with Crippen LogP contribution < -0.4 is 16.0 Å². The summed E-state index contributed by atoms with van der Waals surface area (Å²) >= 11 is 5.47. The lowest BCUT2D eigenvalue weighted by molar-refractivity contribution is -0.124. The van der Waals surface area contributed by atoms with Crippen molar-refractivity contribution >= 4 is 23.2 Å². The Morgan fingerprint density at radius 3 is 2.32 bits per heavy atom. The molecule has 128 valence electrons. The Labute approximate surface area is 140 Å². The summed E-state index contributed by atoms with van der Waals surface area (Å²) in [5.41, 5.74) is -0.209. The van der Waals surface area contributed by atoms with Gasteiger partial charge in [0.05, 0.1) is 0 Å². The summed E-state index contributed by atoms with van der Waals surface area (Å²) in [6, 6.07) is 0.481. The van der Waals surface area contributed by atoms with E-state index in [0.29, 0.717) is 17.2 Å². The number of amides is 1. The number of likely N-dealkylation sites (N-methyl/N-ethyl adjacent to an activating group) is 2. The van der Waals surface area contributed by atoms with Crippen molar-refractivity contribution in [1.29, 1.82) is 0 Å². The third-order valence-corrected chi connectivity index (χ3v) is 4.60. The largest absolute Gasteiger partial charge is 0.358 e. The number of carbonyl (C=O) groups excluding carboxylic acids is 1. The topological polar surface area (TPSA) is 56.4 Å². The molecule has 0 spiro atoms. The predicted octanol–water partition coefficient (Wildman–Crippen LogP) is 1.48. The summed E-state index contributed by atoms with van der Waals surface area (Å²) in [5, 5.41) is 9.92. The van der Waals surface area contributed by atoms with E-state index in [1.165, 1.54) is 19.3 Å². The minimum absolute atomic E-state index is 0.0375. The van der Waals surface area contributed by atoms with Crippen LogP contribution in [0.15, 0.2) is 0 Å². The van der Waals surface area contributed by atoms with Gasteiger partial charge in [-0.25, -0.2) is 0 Å². The SMILES string of the molecule is CNC(=O)[C@@H](NC(=S)N[C@@H]1CCCC[C@H]1N(C)C)C(C)(C)C. The molecule has 0 saturated heterocycles. The molecule has 6 heteroatoms. The first-order valence-corrected chi connectivity index (χ1v) is 8.52. The fourth-order valence-electron chi connectivity index (χ4n) is 3.06. The van der Waals surface area contributed by atoms with Crippen LogP contribution in [-0.2, 0) is 4.79 Å². The van der Waals surface area contributed by atoms with E-state index < -0.39 is 0 Å². The Morgan fingerprint density at radius 1 is 1.23 bits per heavy atom. The zero-order chi connectivity index (χ0) is 16.9. The smallest absolute Gasteiger partial charge is 0.242 e. The molecule has 22 heavy (non-hydrogen) atoms. The summed E-state index contributed by atoms with van der Waals surface area (Å²) in [5.74, 6) is -0.0375. The average Bonchev–Trinajstić information content (AvgIpc) is 2.43. The molecule has 0 heterocycles. The fourth-order valence-corrected chi connectivity index (χ4v) is 3.33. The zero-order valence-corrected chi connectivity index (χ0v) is 15.6. The molecule has 0 aliphatic heterocycles. The van der Waals surface area contributed by atoms with Crippen LogP contribution in [0.25, 0.3) is 0 Å². The second-order valence-electron chi connectivity index (χ2n) is 7.45. The first-order chi connectivity index (χ1) is 10.2. The van der Waals surface area contributed by atoms with E-state index >= 15 is 0 Å². The van der Waals surface area contributed by atoms with Crippen molar-refractivity contribution in [3.05, 3.63) is 0 Å². The van der Waals surface area contributed by atoms with Gasteiger partial charge < -0.3 is 20.9 Å². The molecule has 0 radical (unpaired) electrons. The Kier molecular flexibility index (Phi) is 7.06. The van der Waals surface area contributed by atoms with Gasteiger partial charge in [-0.15, -0.1) is 0 Å². The fraction of sp³-hybridized carbons (Fsp3) is 0.875. The van der Waals surface area contributed by atoms with E-state index in [1.54, 1.807) is 7.05 Å². The highest BCUT2D eigenvalue weighted by Gasteiger charge is 2.33. The normalized spacial score (nSPS) is 23.8. The average molecular weight is 329 g/mol. The Hall–Kier alpha value is -0.880. The van der Waals surface area contributed by atoms with Gasteiger partial charge in [-0.2, -0.15) is 0 Å². The Morgan fingerprint density at radius 2 is 1.82 bits per heavy atom. The van der Waals surface area contributed by atoms with Gasteiger partial charge in [0.25, 0.3) is 0 Å². The van der Waals surface area contributed by atoms with Crippen LogP contribution in [0, 0.1) is 5.41 Å². The number of nitrogens with one attached hydrogen (secondary N) is 3. The molecule has 1 saturated carbocycles. The number of hydrogen-bond donors (Lipinski definition) is 3.